The van der Waals surface area contributed by atoms with Crippen molar-refractivity contribution in [3.63, 3.8) is 0 Å². The number of rotatable bonds is 10. The lowest BCUT2D eigenvalue weighted by molar-refractivity contribution is -0.142. The van der Waals surface area contributed by atoms with E-state index in [0.29, 0.717) is 34.6 Å². The first-order valence-electron chi connectivity index (χ1n) is 10.6. The van der Waals surface area contributed by atoms with Gasteiger partial charge in [0.05, 0.1) is 11.6 Å². The lowest BCUT2D eigenvalue weighted by Crippen LogP contribution is -2.20. The SMILES string of the molecule is CCC(CC(C)COC(C)=O)C(C)Sc1cc(C(=O)Nc2cc(F)c(F)c(F)c2)ccc1Cl. The normalized spacial score (nSPS) is 13.8. The number of nitrogens with one attached hydrogen (secondary N) is 1. The van der Waals surface area contributed by atoms with Gasteiger partial charge < -0.3 is 10.1 Å². The monoisotopic (exact) mass is 501 g/mol. The van der Waals surface area contributed by atoms with Gasteiger partial charge in [-0.05, 0) is 36.5 Å². The zero-order valence-corrected chi connectivity index (χ0v) is 20.5. The van der Waals surface area contributed by atoms with Crippen molar-refractivity contribution in [1.82, 2.24) is 0 Å². The van der Waals surface area contributed by atoms with E-state index in [1.54, 1.807) is 12.1 Å². The molecular formula is C24H27ClF3NO3S. The molecule has 2 aromatic rings. The van der Waals surface area contributed by atoms with Crippen molar-refractivity contribution in [2.45, 2.75) is 50.7 Å². The van der Waals surface area contributed by atoms with Crippen LogP contribution in [0, 0.1) is 29.3 Å². The molecule has 0 heterocycles. The summed E-state index contributed by atoms with van der Waals surface area (Å²) in [6, 6.07) is 6.13. The van der Waals surface area contributed by atoms with E-state index in [9.17, 15) is 22.8 Å². The third-order valence-corrected chi connectivity index (χ3v) is 7.00. The highest BCUT2D eigenvalue weighted by molar-refractivity contribution is 8.00. The Kier molecular flexibility index (Phi) is 10.1. The Morgan fingerprint density at radius 2 is 1.76 bits per heavy atom. The number of thioether (sulfide) groups is 1. The maximum atomic E-state index is 13.4. The molecule has 0 saturated heterocycles. The molecule has 0 aliphatic heterocycles. The zero-order chi connectivity index (χ0) is 24.7. The Hall–Kier alpha value is -2.19. The zero-order valence-electron chi connectivity index (χ0n) is 18.9. The summed E-state index contributed by atoms with van der Waals surface area (Å²) in [7, 11) is 0. The van der Waals surface area contributed by atoms with Gasteiger partial charge in [-0.15, -0.1) is 11.8 Å². The second-order valence-corrected chi connectivity index (χ2v) is 9.81. The Labute approximate surface area is 201 Å². The summed E-state index contributed by atoms with van der Waals surface area (Å²) in [4.78, 5) is 24.3. The number of carbonyl (C=O) groups is 2. The lowest BCUT2D eigenvalue weighted by atomic mass is 9.92. The highest BCUT2D eigenvalue weighted by Gasteiger charge is 2.22. The number of benzene rings is 2. The van der Waals surface area contributed by atoms with Gasteiger partial charge >= 0.3 is 5.97 Å². The van der Waals surface area contributed by atoms with Crippen molar-refractivity contribution in [3.8, 4) is 0 Å². The fourth-order valence-corrected chi connectivity index (χ4v) is 4.92. The Morgan fingerprint density at radius 3 is 2.33 bits per heavy atom. The number of halogens is 4. The first-order valence-corrected chi connectivity index (χ1v) is 11.8. The molecule has 2 aromatic carbocycles. The molecule has 3 atom stereocenters. The molecule has 0 aromatic heterocycles. The Bertz CT molecular complexity index is 982. The molecule has 0 aliphatic carbocycles. The van der Waals surface area contributed by atoms with Gasteiger partial charge in [0.2, 0.25) is 0 Å². The molecule has 0 fully saturated rings. The Morgan fingerprint density at radius 1 is 1.12 bits per heavy atom. The molecule has 4 nitrogen and oxygen atoms in total. The van der Waals surface area contributed by atoms with E-state index in [0.717, 1.165) is 12.8 Å². The smallest absolute Gasteiger partial charge is 0.302 e. The quantitative estimate of drug-likeness (QED) is 0.214. The van der Waals surface area contributed by atoms with Gasteiger partial charge in [-0.25, -0.2) is 13.2 Å². The number of amides is 1. The van der Waals surface area contributed by atoms with Crippen LogP contribution in [0.3, 0.4) is 0 Å². The van der Waals surface area contributed by atoms with Crippen molar-refractivity contribution in [1.29, 1.82) is 0 Å². The first-order chi connectivity index (χ1) is 15.5. The maximum absolute atomic E-state index is 13.4. The number of carbonyl (C=O) groups excluding carboxylic acids is 2. The molecule has 180 valence electrons. The van der Waals surface area contributed by atoms with Gasteiger partial charge in [0.1, 0.15) is 0 Å². The largest absolute Gasteiger partial charge is 0.466 e. The van der Waals surface area contributed by atoms with Crippen LogP contribution in [0.2, 0.25) is 5.02 Å². The van der Waals surface area contributed by atoms with Gasteiger partial charge in [-0.3, -0.25) is 9.59 Å². The van der Waals surface area contributed by atoms with Gasteiger partial charge in [0, 0.05) is 40.5 Å². The second-order valence-electron chi connectivity index (χ2n) is 7.99. The fraction of sp³-hybridized carbons (Fsp3) is 0.417. The van der Waals surface area contributed by atoms with Crippen molar-refractivity contribution in [3.05, 3.63) is 58.4 Å². The lowest BCUT2D eigenvalue weighted by Gasteiger charge is -2.25. The predicted molar refractivity (Wildman–Crippen MR) is 125 cm³/mol. The van der Waals surface area contributed by atoms with Crippen LogP contribution in [-0.4, -0.2) is 23.7 Å². The number of esters is 1. The van der Waals surface area contributed by atoms with Crippen molar-refractivity contribution in [2.75, 3.05) is 11.9 Å². The van der Waals surface area contributed by atoms with E-state index in [1.807, 2.05) is 6.92 Å². The third kappa shape index (κ3) is 7.96. The number of anilines is 1. The van der Waals surface area contributed by atoms with E-state index in [2.05, 4.69) is 19.2 Å². The van der Waals surface area contributed by atoms with E-state index in [-0.39, 0.29) is 28.4 Å². The molecule has 1 N–H and O–H groups in total. The van der Waals surface area contributed by atoms with Gasteiger partial charge in [-0.1, -0.05) is 38.8 Å². The first kappa shape index (κ1) is 27.1. The second kappa shape index (κ2) is 12.3. The molecule has 33 heavy (non-hydrogen) atoms. The summed E-state index contributed by atoms with van der Waals surface area (Å²) in [5.41, 5.74) is 0.0530. The molecule has 0 saturated carbocycles. The molecule has 0 spiro atoms. The fourth-order valence-electron chi connectivity index (χ4n) is 3.40. The minimum atomic E-state index is -1.60. The maximum Gasteiger partial charge on any atom is 0.302 e. The number of hydrogen-bond acceptors (Lipinski definition) is 4. The summed E-state index contributed by atoms with van der Waals surface area (Å²) < 4.78 is 45.1. The summed E-state index contributed by atoms with van der Waals surface area (Å²) >= 11 is 7.88. The predicted octanol–water partition coefficient (Wildman–Crippen LogP) is 7.11. The number of ether oxygens (including phenoxy) is 1. The summed E-state index contributed by atoms with van der Waals surface area (Å²) in [6.45, 7) is 7.94. The standard InChI is InChI=1S/C24H27ClF3NO3S/c1-5-16(8-13(2)12-32-15(4)30)14(3)33-22-9-17(6-7-19(22)25)24(31)29-18-10-20(26)23(28)21(27)11-18/h6-7,9-11,13-14,16H,5,8,12H2,1-4H3,(H,29,31). The average Bonchev–Trinajstić information content (AvgIpc) is 2.75. The molecule has 0 aliphatic rings. The number of hydrogen-bond donors (Lipinski definition) is 1. The van der Waals surface area contributed by atoms with Crippen LogP contribution in [0.25, 0.3) is 0 Å². The Balaban J connectivity index is 2.10. The van der Waals surface area contributed by atoms with E-state index in [4.69, 9.17) is 16.3 Å². The van der Waals surface area contributed by atoms with Crippen LogP contribution in [0.4, 0.5) is 18.9 Å². The van der Waals surface area contributed by atoms with Crippen molar-refractivity contribution < 1.29 is 27.5 Å². The molecule has 2 rings (SSSR count). The minimum absolute atomic E-state index is 0.158. The molecule has 0 radical (unpaired) electrons. The van der Waals surface area contributed by atoms with Gasteiger partial charge in [0.15, 0.2) is 17.5 Å². The summed E-state index contributed by atoms with van der Waals surface area (Å²) in [6.07, 6.45) is 1.77. The highest BCUT2D eigenvalue weighted by Crippen LogP contribution is 2.37. The summed E-state index contributed by atoms with van der Waals surface area (Å²) in [5, 5.41) is 3.01. The van der Waals surface area contributed by atoms with Crippen LogP contribution in [0.5, 0.6) is 0 Å². The van der Waals surface area contributed by atoms with E-state index in [1.165, 1.54) is 24.8 Å². The summed E-state index contributed by atoms with van der Waals surface area (Å²) in [5.74, 6) is -4.76. The minimum Gasteiger partial charge on any atom is -0.466 e. The molecule has 3 unspecified atom stereocenters. The van der Waals surface area contributed by atoms with Crippen molar-refractivity contribution >= 4 is 40.9 Å². The van der Waals surface area contributed by atoms with Crippen LogP contribution < -0.4 is 5.32 Å². The van der Waals surface area contributed by atoms with E-state index >= 15 is 0 Å². The van der Waals surface area contributed by atoms with Crippen LogP contribution in [0.15, 0.2) is 35.2 Å². The average molecular weight is 502 g/mol. The molecular weight excluding hydrogens is 475 g/mol. The van der Waals surface area contributed by atoms with E-state index < -0.39 is 23.4 Å². The molecule has 0 bridgehead atoms. The third-order valence-electron chi connectivity index (χ3n) is 5.21. The topological polar surface area (TPSA) is 55.4 Å². The molecule has 1 amide bonds. The van der Waals surface area contributed by atoms with Crippen LogP contribution in [-0.2, 0) is 9.53 Å². The van der Waals surface area contributed by atoms with Gasteiger partial charge in [-0.2, -0.15) is 0 Å². The van der Waals surface area contributed by atoms with Crippen molar-refractivity contribution in [2.24, 2.45) is 11.8 Å². The van der Waals surface area contributed by atoms with Crippen LogP contribution >= 0.6 is 23.4 Å². The highest BCUT2D eigenvalue weighted by atomic mass is 35.5. The van der Waals surface area contributed by atoms with Crippen LogP contribution in [0.1, 0.15) is 50.9 Å². The van der Waals surface area contributed by atoms with Gasteiger partial charge in [0.25, 0.3) is 5.91 Å². The molecule has 9 heteroatoms.